The summed E-state index contributed by atoms with van der Waals surface area (Å²) in [5.74, 6) is 0.807. The number of ether oxygens (including phenoxy) is 1. The number of nitrogens with zero attached hydrogens (tertiary/aromatic N) is 1. The predicted octanol–water partition coefficient (Wildman–Crippen LogP) is 2.11. The van der Waals surface area contributed by atoms with Crippen LogP contribution in [0.5, 0.6) is 5.75 Å². The third kappa shape index (κ3) is 2.97. The van der Waals surface area contributed by atoms with E-state index in [-0.39, 0.29) is 11.8 Å². The molecule has 0 heterocycles. The molecule has 1 aromatic carbocycles. The molecule has 18 heavy (non-hydrogen) atoms. The van der Waals surface area contributed by atoms with E-state index in [0.717, 1.165) is 29.7 Å². The van der Waals surface area contributed by atoms with E-state index in [1.165, 1.54) is 0 Å². The van der Waals surface area contributed by atoms with Crippen LogP contribution in [-0.2, 0) is 4.79 Å². The summed E-state index contributed by atoms with van der Waals surface area (Å²) < 4.78 is 5.05. The zero-order chi connectivity index (χ0) is 13.0. The maximum atomic E-state index is 11.6. The Morgan fingerprint density at radius 2 is 2.11 bits per heavy atom. The van der Waals surface area contributed by atoms with Gasteiger partial charge in [0.2, 0.25) is 5.91 Å². The zero-order valence-electron chi connectivity index (χ0n) is 10.3. The second kappa shape index (κ2) is 5.49. The summed E-state index contributed by atoms with van der Waals surface area (Å²) in [5.41, 5.74) is 4.59. The van der Waals surface area contributed by atoms with Crippen LogP contribution in [0.4, 0.5) is 0 Å². The summed E-state index contributed by atoms with van der Waals surface area (Å²) in [5, 5.41) is 3.93. The molecule has 1 fully saturated rings. The molecule has 2 rings (SSSR count). The first-order valence-electron chi connectivity index (χ1n) is 5.82. The number of hydrogen-bond donors (Lipinski definition) is 1. The summed E-state index contributed by atoms with van der Waals surface area (Å²) in [7, 11) is 1.62. The second-order valence-electron chi connectivity index (χ2n) is 4.36. The predicted molar refractivity (Wildman–Crippen MR) is 70.6 cm³/mol. The molecular formula is C14H16N2O2. The van der Waals surface area contributed by atoms with E-state index in [9.17, 15) is 4.79 Å². The summed E-state index contributed by atoms with van der Waals surface area (Å²) in [6.45, 7) is 3.81. The first kappa shape index (κ1) is 12.4. The van der Waals surface area contributed by atoms with Crippen LogP contribution in [0.25, 0.3) is 0 Å². The standard InChI is InChI=1S/C14H16N2O2/c1-10-7-12(8-10)14(17)16-15-9-11-3-5-13(18-2)6-4-11/h3-6,9,12H,1,7-8H2,2H3,(H,16,17)/b15-9-. The number of carbonyl (C=O) groups is 1. The fraction of sp³-hybridized carbons (Fsp3) is 0.286. The Hall–Kier alpha value is -2.10. The van der Waals surface area contributed by atoms with Crippen molar-refractivity contribution in [1.29, 1.82) is 0 Å². The van der Waals surface area contributed by atoms with E-state index in [2.05, 4.69) is 17.1 Å². The third-order valence-electron chi connectivity index (χ3n) is 2.95. The normalized spacial score (nSPS) is 15.5. The topological polar surface area (TPSA) is 50.7 Å². The Morgan fingerprint density at radius 3 is 2.67 bits per heavy atom. The summed E-state index contributed by atoms with van der Waals surface area (Å²) >= 11 is 0. The van der Waals surface area contributed by atoms with Gasteiger partial charge in [-0.25, -0.2) is 5.43 Å². The van der Waals surface area contributed by atoms with E-state index >= 15 is 0 Å². The molecule has 0 atom stereocenters. The van der Waals surface area contributed by atoms with Gasteiger partial charge in [0, 0.05) is 5.92 Å². The number of hydrazone groups is 1. The Kier molecular flexibility index (Phi) is 3.77. The number of methoxy groups -OCH3 is 1. The van der Waals surface area contributed by atoms with E-state index in [1.54, 1.807) is 13.3 Å². The number of carbonyl (C=O) groups excluding carboxylic acids is 1. The molecule has 0 radical (unpaired) electrons. The summed E-state index contributed by atoms with van der Waals surface area (Å²) in [6, 6.07) is 7.44. The number of rotatable bonds is 4. The monoisotopic (exact) mass is 244 g/mol. The molecule has 0 bridgehead atoms. The second-order valence-corrected chi connectivity index (χ2v) is 4.36. The molecule has 4 heteroatoms. The fourth-order valence-electron chi connectivity index (χ4n) is 1.77. The minimum Gasteiger partial charge on any atom is -0.497 e. The van der Waals surface area contributed by atoms with Crippen molar-refractivity contribution >= 4 is 12.1 Å². The van der Waals surface area contributed by atoms with Gasteiger partial charge in [-0.3, -0.25) is 4.79 Å². The van der Waals surface area contributed by atoms with Gasteiger partial charge in [-0.05, 0) is 42.7 Å². The first-order valence-corrected chi connectivity index (χ1v) is 5.82. The molecule has 0 saturated heterocycles. The molecule has 1 amide bonds. The van der Waals surface area contributed by atoms with Gasteiger partial charge < -0.3 is 4.74 Å². The van der Waals surface area contributed by atoms with Crippen LogP contribution in [0.15, 0.2) is 41.5 Å². The maximum Gasteiger partial charge on any atom is 0.243 e. The SMILES string of the molecule is C=C1CC(C(=O)N/N=C\c2ccc(OC)cc2)C1. The Balaban J connectivity index is 1.83. The Bertz CT molecular complexity index is 469. The smallest absolute Gasteiger partial charge is 0.243 e. The highest BCUT2D eigenvalue weighted by Gasteiger charge is 2.27. The van der Waals surface area contributed by atoms with E-state index in [1.807, 2.05) is 24.3 Å². The maximum absolute atomic E-state index is 11.6. The van der Waals surface area contributed by atoms with Crippen LogP contribution in [0.1, 0.15) is 18.4 Å². The lowest BCUT2D eigenvalue weighted by molar-refractivity contribution is -0.126. The molecule has 0 spiro atoms. The fourth-order valence-corrected chi connectivity index (χ4v) is 1.77. The number of allylic oxidation sites excluding steroid dienone is 1. The average Bonchev–Trinajstić information content (AvgIpc) is 2.35. The Labute approximate surface area is 106 Å². The first-order chi connectivity index (χ1) is 8.69. The highest BCUT2D eigenvalue weighted by molar-refractivity contribution is 5.84. The van der Waals surface area contributed by atoms with Gasteiger partial charge in [0.05, 0.1) is 13.3 Å². The summed E-state index contributed by atoms with van der Waals surface area (Å²) in [6.07, 6.45) is 3.18. The van der Waals surface area contributed by atoms with Crippen LogP contribution >= 0.6 is 0 Å². The van der Waals surface area contributed by atoms with Crippen LogP contribution in [0.3, 0.4) is 0 Å². The van der Waals surface area contributed by atoms with Gasteiger partial charge in [0.15, 0.2) is 0 Å². The quantitative estimate of drug-likeness (QED) is 0.501. The highest BCUT2D eigenvalue weighted by atomic mass is 16.5. The zero-order valence-corrected chi connectivity index (χ0v) is 10.3. The molecule has 0 unspecified atom stereocenters. The molecule has 1 saturated carbocycles. The van der Waals surface area contributed by atoms with E-state index in [4.69, 9.17) is 4.74 Å². The van der Waals surface area contributed by atoms with E-state index in [0.29, 0.717) is 0 Å². The van der Waals surface area contributed by atoms with E-state index < -0.39 is 0 Å². The summed E-state index contributed by atoms with van der Waals surface area (Å²) in [4.78, 5) is 11.6. The number of hydrogen-bond acceptors (Lipinski definition) is 3. The molecule has 0 aromatic heterocycles. The third-order valence-corrected chi connectivity index (χ3v) is 2.95. The van der Waals surface area contributed by atoms with Crippen molar-refractivity contribution in [3.05, 3.63) is 42.0 Å². The molecule has 1 N–H and O–H groups in total. The number of nitrogens with one attached hydrogen (secondary N) is 1. The van der Waals surface area contributed by atoms with Crippen molar-refractivity contribution in [2.24, 2.45) is 11.0 Å². The molecule has 0 aliphatic heterocycles. The molecule has 1 aromatic rings. The lowest BCUT2D eigenvalue weighted by atomic mass is 9.81. The molecule has 1 aliphatic rings. The minimum atomic E-state index is -0.0350. The van der Waals surface area contributed by atoms with Gasteiger partial charge in [-0.2, -0.15) is 5.10 Å². The van der Waals surface area contributed by atoms with Gasteiger partial charge in [-0.1, -0.05) is 12.2 Å². The highest BCUT2D eigenvalue weighted by Crippen LogP contribution is 2.31. The van der Waals surface area contributed by atoms with Crippen molar-refractivity contribution in [2.75, 3.05) is 7.11 Å². The molecule has 4 nitrogen and oxygen atoms in total. The van der Waals surface area contributed by atoms with Crippen LogP contribution in [0, 0.1) is 5.92 Å². The Morgan fingerprint density at radius 1 is 1.44 bits per heavy atom. The number of amides is 1. The lowest BCUT2D eigenvalue weighted by Crippen LogP contribution is -2.32. The van der Waals surface area contributed by atoms with Crippen molar-refractivity contribution in [3.8, 4) is 5.75 Å². The van der Waals surface area contributed by atoms with Crippen molar-refractivity contribution in [1.82, 2.24) is 5.43 Å². The van der Waals surface area contributed by atoms with Gasteiger partial charge in [0.25, 0.3) is 0 Å². The van der Waals surface area contributed by atoms with Gasteiger partial charge in [-0.15, -0.1) is 0 Å². The van der Waals surface area contributed by atoms with Crippen molar-refractivity contribution in [2.45, 2.75) is 12.8 Å². The van der Waals surface area contributed by atoms with Crippen LogP contribution in [0.2, 0.25) is 0 Å². The van der Waals surface area contributed by atoms with Crippen molar-refractivity contribution in [3.63, 3.8) is 0 Å². The van der Waals surface area contributed by atoms with Crippen LogP contribution in [-0.4, -0.2) is 19.2 Å². The van der Waals surface area contributed by atoms with Gasteiger partial charge in [0.1, 0.15) is 5.75 Å². The number of benzene rings is 1. The lowest BCUT2D eigenvalue weighted by Gasteiger charge is -2.25. The molecule has 1 aliphatic carbocycles. The molecular weight excluding hydrogens is 228 g/mol. The molecule has 94 valence electrons. The average molecular weight is 244 g/mol. The van der Waals surface area contributed by atoms with Gasteiger partial charge >= 0.3 is 0 Å². The van der Waals surface area contributed by atoms with Crippen molar-refractivity contribution < 1.29 is 9.53 Å². The largest absolute Gasteiger partial charge is 0.497 e. The minimum absolute atomic E-state index is 0.0350. The van der Waals surface area contributed by atoms with Crippen LogP contribution < -0.4 is 10.2 Å².